The number of carbonyl (C=O) groups is 1. The van der Waals surface area contributed by atoms with Crippen LogP contribution in [0.4, 0.5) is 5.69 Å². The van der Waals surface area contributed by atoms with Crippen molar-refractivity contribution in [2.24, 2.45) is 17.8 Å². The van der Waals surface area contributed by atoms with Crippen LogP contribution in [-0.4, -0.2) is 44.7 Å². The topological polar surface area (TPSA) is 66.5 Å². The Kier molecular flexibility index (Phi) is 7.23. The average molecular weight is 505 g/mol. The second-order valence-corrected chi connectivity index (χ2v) is 14.8. The van der Waals surface area contributed by atoms with Gasteiger partial charge in [-0.3, -0.25) is 9.10 Å². The van der Waals surface area contributed by atoms with Crippen molar-refractivity contribution in [3.63, 3.8) is 0 Å². The van der Waals surface area contributed by atoms with E-state index in [2.05, 4.69) is 17.4 Å². The fourth-order valence-electron chi connectivity index (χ4n) is 7.68. The minimum absolute atomic E-state index is 0.163. The van der Waals surface area contributed by atoms with Crippen LogP contribution in [-0.2, 0) is 20.2 Å². The molecule has 4 bridgehead atoms. The number of amides is 1. The molecule has 0 atom stereocenters. The van der Waals surface area contributed by atoms with Gasteiger partial charge in [0.2, 0.25) is 15.9 Å². The van der Waals surface area contributed by atoms with Crippen LogP contribution in [0.1, 0.15) is 76.2 Å². The van der Waals surface area contributed by atoms with Crippen LogP contribution in [0.5, 0.6) is 0 Å². The fourth-order valence-corrected chi connectivity index (χ4v) is 9.76. The van der Waals surface area contributed by atoms with Crippen molar-refractivity contribution in [2.45, 2.75) is 81.3 Å². The summed E-state index contributed by atoms with van der Waals surface area (Å²) in [5.41, 5.74) is 2.24. The van der Waals surface area contributed by atoms with Crippen LogP contribution in [0.15, 0.2) is 24.3 Å². The normalized spacial score (nSPS) is 30.9. The molecule has 0 unspecified atom stereocenters. The zero-order chi connectivity index (χ0) is 23.8. The molecule has 5 nitrogen and oxygen atoms in total. The molecule has 1 amide bonds. The molecule has 1 aromatic carbocycles. The van der Waals surface area contributed by atoms with Crippen LogP contribution >= 0.6 is 11.8 Å². The van der Waals surface area contributed by atoms with E-state index in [1.54, 1.807) is 0 Å². The first-order valence-electron chi connectivity index (χ1n) is 13.3. The van der Waals surface area contributed by atoms with E-state index in [0.29, 0.717) is 17.5 Å². The first kappa shape index (κ1) is 24.5. The van der Waals surface area contributed by atoms with Gasteiger partial charge in [0.15, 0.2) is 0 Å². The van der Waals surface area contributed by atoms with Crippen LogP contribution in [0.25, 0.3) is 0 Å². The van der Waals surface area contributed by atoms with Crippen molar-refractivity contribution >= 4 is 33.4 Å². The maximum Gasteiger partial charge on any atom is 0.240 e. The number of hydrogen-bond acceptors (Lipinski definition) is 4. The SMILES string of the molecule is CS(=O)(=O)N(CC(=O)NCCSC1CCCCC1)c1ccc(C23CC4CC(CC(C4)C2)C3)cc1. The van der Waals surface area contributed by atoms with Crippen molar-refractivity contribution < 1.29 is 13.2 Å². The van der Waals surface area contributed by atoms with Gasteiger partial charge in [-0.1, -0.05) is 31.4 Å². The maximum atomic E-state index is 12.6. The Hall–Kier alpha value is -1.21. The number of rotatable bonds is 9. The summed E-state index contributed by atoms with van der Waals surface area (Å²) in [6.07, 6.45) is 15.8. The largest absolute Gasteiger partial charge is 0.354 e. The second kappa shape index (κ2) is 10.0. The number of nitrogens with zero attached hydrogens (tertiary/aromatic N) is 1. The predicted octanol–water partition coefficient (Wildman–Crippen LogP) is 5.10. The highest BCUT2D eigenvalue weighted by molar-refractivity contribution is 7.99. The number of nitrogens with one attached hydrogen (secondary N) is 1. The van der Waals surface area contributed by atoms with E-state index in [0.717, 1.165) is 23.5 Å². The number of hydrogen-bond donors (Lipinski definition) is 1. The van der Waals surface area contributed by atoms with Crippen molar-refractivity contribution in [3.8, 4) is 0 Å². The summed E-state index contributed by atoms with van der Waals surface area (Å²) in [4.78, 5) is 12.6. The van der Waals surface area contributed by atoms with E-state index < -0.39 is 10.0 Å². The van der Waals surface area contributed by atoms with Crippen LogP contribution in [0.2, 0.25) is 0 Å². The van der Waals surface area contributed by atoms with Gasteiger partial charge < -0.3 is 5.32 Å². The molecular formula is C27H40N2O3S2. The Labute approximate surface area is 209 Å². The van der Waals surface area contributed by atoms with Gasteiger partial charge in [0.05, 0.1) is 11.9 Å². The summed E-state index contributed by atoms with van der Waals surface area (Å²) in [5, 5.41) is 3.64. The second-order valence-electron chi connectivity index (χ2n) is 11.5. The number of benzene rings is 1. The zero-order valence-electron chi connectivity index (χ0n) is 20.5. The molecule has 0 heterocycles. The molecule has 5 saturated carbocycles. The first-order chi connectivity index (χ1) is 16.3. The summed E-state index contributed by atoms with van der Waals surface area (Å²) in [5.74, 6) is 3.27. The van der Waals surface area contributed by atoms with Gasteiger partial charge in [-0.2, -0.15) is 11.8 Å². The average Bonchev–Trinajstić information content (AvgIpc) is 2.80. The molecule has 0 radical (unpaired) electrons. The van der Waals surface area contributed by atoms with Gasteiger partial charge in [-0.15, -0.1) is 0 Å². The molecule has 5 aliphatic carbocycles. The minimum atomic E-state index is -3.55. The molecule has 1 aromatic rings. The molecule has 1 N–H and O–H groups in total. The van der Waals surface area contributed by atoms with Gasteiger partial charge in [0, 0.05) is 17.5 Å². The van der Waals surface area contributed by atoms with Gasteiger partial charge in [-0.25, -0.2) is 8.42 Å². The monoisotopic (exact) mass is 504 g/mol. The molecular weight excluding hydrogens is 464 g/mol. The minimum Gasteiger partial charge on any atom is -0.354 e. The molecule has 34 heavy (non-hydrogen) atoms. The van der Waals surface area contributed by atoms with E-state index in [9.17, 15) is 13.2 Å². The number of carbonyl (C=O) groups excluding carboxylic acids is 1. The maximum absolute atomic E-state index is 12.6. The molecule has 7 heteroatoms. The van der Waals surface area contributed by atoms with E-state index >= 15 is 0 Å². The predicted molar refractivity (Wildman–Crippen MR) is 141 cm³/mol. The number of sulfonamides is 1. The molecule has 188 valence electrons. The highest BCUT2D eigenvalue weighted by atomic mass is 32.2. The highest BCUT2D eigenvalue weighted by Crippen LogP contribution is 2.60. The summed E-state index contributed by atoms with van der Waals surface area (Å²) >= 11 is 1.94. The first-order valence-corrected chi connectivity index (χ1v) is 16.2. The molecule has 0 aromatic heterocycles. The highest BCUT2D eigenvalue weighted by Gasteiger charge is 2.51. The van der Waals surface area contributed by atoms with Crippen LogP contribution in [0.3, 0.4) is 0 Å². The lowest BCUT2D eigenvalue weighted by atomic mass is 9.48. The third-order valence-electron chi connectivity index (χ3n) is 8.82. The molecule has 5 aliphatic rings. The lowest BCUT2D eigenvalue weighted by Gasteiger charge is -2.57. The Bertz CT molecular complexity index is 935. The lowest BCUT2D eigenvalue weighted by molar-refractivity contribution is -0.119. The molecule has 5 fully saturated rings. The van der Waals surface area contributed by atoms with Crippen molar-refractivity contribution in [3.05, 3.63) is 29.8 Å². The number of anilines is 1. The van der Waals surface area contributed by atoms with Gasteiger partial charge in [-0.05, 0) is 92.2 Å². The standard InChI is InChI=1S/C27H40N2O3S2/c1-34(31,32)29(19-26(30)28-11-12-33-25-5-3-2-4-6-25)24-9-7-23(8-10-24)27-16-20-13-21(17-27)15-22(14-20)18-27/h7-10,20-22,25H,2-6,11-19H2,1H3,(H,28,30). The zero-order valence-corrected chi connectivity index (χ0v) is 22.1. The fraction of sp³-hybridized carbons (Fsp3) is 0.741. The summed E-state index contributed by atoms with van der Waals surface area (Å²) < 4.78 is 26.4. The van der Waals surface area contributed by atoms with E-state index in [4.69, 9.17) is 0 Å². The number of thioether (sulfide) groups is 1. The Morgan fingerprint density at radius 2 is 1.59 bits per heavy atom. The van der Waals surface area contributed by atoms with Crippen molar-refractivity contribution in [1.82, 2.24) is 5.32 Å². The van der Waals surface area contributed by atoms with Gasteiger partial charge in [0.25, 0.3) is 0 Å². The Balaban J connectivity index is 1.19. The van der Waals surface area contributed by atoms with Gasteiger partial charge in [0.1, 0.15) is 6.54 Å². The quantitative estimate of drug-likeness (QED) is 0.475. The van der Waals surface area contributed by atoms with Crippen LogP contribution in [0, 0.1) is 17.8 Å². The third kappa shape index (κ3) is 5.45. The molecule has 0 spiro atoms. The molecule has 0 aliphatic heterocycles. The summed E-state index contributed by atoms with van der Waals surface area (Å²) in [6.45, 7) is 0.423. The van der Waals surface area contributed by atoms with Gasteiger partial charge >= 0.3 is 0 Å². The molecule has 6 rings (SSSR count). The third-order valence-corrected chi connectivity index (χ3v) is 11.3. The Morgan fingerprint density at radius 1 is 1.00 bits per heavy atom. The smallest absolute Gasteiger partial charge is 0.240 e. The molecule has 0 saturated heterocycles. The van der Waals surface area contributed by atoms with Crippen molar-refractivity contribution in [1.29, 1.82) is 0 Å². The van der Waals surface area contributed by atoms with Crippen LogP contribution < -0.4 is 9.62 Å². The summed E-state index contributed by atoms with van der Waals surface area (Å²) in [7, 11) is -3.55. The van der Waals surface area contributed by atoms with E-state index in [1.807, 2.05) is 23.9 Å². The van der Waals surface area contributed by atoms with Crippen molar-refractivity contribution in [2.75, 3.05) is 29.4 Å². The van der Waals surface area contributed by atoms with E-state index in [1.165, 1.54) is 86.8 Å². The summed E-state index contributed by atoms with van der Waals surface area (Å²) in [6, 6.07) is 8.11. The Morgan fingerprint density at radius 3 is 2.15 bits per heavy atom. The van der Waals surface area contributed by atoms with E-state index in [-0.39, 0.29) is 17.9 Å². The lowest BCUT2D eigenvalue weighted by Crippen LogP contribution is -2.48.